The first-order chi connectivity index (χ1) is 14.2. The van der Waals surface area contributed by atoms with Crippen molar-refractivity contribution in [2.45, 2.75) is 6.42 Å². The highest BCUT2D eigenvalue weighted by atomic mass is 32.1. The molecule has 0 saturated carbocycles. The van der Waals surface area contributed by atoms with Gasteiger partial charge in [-0.3, -0.25) is 14.7 Å². The van der Waals surface area contributed by atoms with Gasteiger partial charge in [-0.2, -0.15) is 0 Å². The Morgan fingerprint density at radius 3 is 2.90 bits per heavy atom. The monoisotopic (exact) mass is 410 g/mol. The van der Waals surface area contributed by atoms with E-state index in [9.17, 15) is 4.79 Å². The predicted octanol–water partition coefficient (Wildman–Crippen LogP) is 3.25. The van der Waals surface area contributed by atoms with Crippen molar-refractivity contribution >= 4 is 33.0 Å². The Bertz CT molecular complexity index is 966. The van der Waals surface area contributed by atoms with Gasteiger partial charge in [0.15, 0.2) is 0 Å². The van der Waals surface area contributed by atoms with Crippen LogP contribution >= 0.6 is 11.3 Å². The topological polar surface area (TPSA) is 57.7 Å². The fraction of sp³-hybridized carbons (Fsp3) is 0.364. The summed E-state index contributed by atoms with van der Waals surface area (Å²) in [5.41, 5.74) is 1.73. The summed E-state index contributed by atoms with van der Waals surface area (Å²) in [4.78, 5) is 20.7. The van der Waals surface area contributed by atoms with Gasteiger partial charge in [-0.25, -0.2) is 0 Å². The van der Waals surface area contributed by atoms with Gasteiger partial charge in [0.2, 0.25) is 0 Å². The maximum absolute atomic E-state index is 11.6. The molecule has 1 saturated heterocycles. The first-order valence-electron chi connectivity index (χ1n) is 9.99. The van der Waals surface area contributed by atoms with Gasteiger partial charge in [0.05, 0.1) is 6.61 Å². The van der Waals surface area contributed by atoms with Crippen molar-refractivity contribution in [3.8, 4) is 5.75 Å². The standard InChI is InChI=1S/C22H26N4O2S/c1-23-22(27)19-16-17(6-8-24-19)28-14-3-9-25-10-12-26(13-11-25)20-4-2-5-21-18(20)7-15-29-21/h2,4-8,15-16H,3,9-14H2,1H3,(H,23,27). The first-order valence-corrected chi connectivity index (χ1v) is 10.9. The molecule has 1 N–H and O–H groups in total. The van der Waals surface area contributed by atoms with Crippen LogP contribution in [0.25, 0.3) is 10.1 Å². The number of rotatable bonds is 7. The van der Waals surface area contributed by atoms with Crippen LogP contribution in [0.4, 0.5) is 5.69 Å². The van der Waals surface area contributed by atoms with Crippen LogP contribution in [0.3, 0.4) is 0 Å². The Kier molecular flexibility index (Phi) is 6.27. The number of benzene rings is 1. The molecule has 2 aromatic heterocycles. The van der Waals surface area contributed by atoms with Crippen molar-refractivity contribution in [3.05, 3.63) is 53.7 Å². The normalized spacial score (nSPS) is 14.9. The highest BCUT2D eigenvalue weighted by Gasteiger charge is 2.18. The number of fused-ring (bicyclic) bond motifs is 1. The lowest BCUT2D eigenvalue weighted by atomic mass is 10.2. The molecule has 0 aliphatic carbocycles. The molecule has 152 valence electrons. The third-order valence-electron chi connectivity index (χ3n) is 5.26. The van der Waals surface area contributed by atoms with Gasteiger partial charge < -0.3 is 15.0 Å². The van der Waals surface area contributed by atoms with Gasteiger partial charge in [-0.1, -0.05) is 6.07 Å². The van der Waals surface area contributed by atoms with Crippen LogP contribution in [0.5, 0.6) is 5.75 Å². The van der Waals surface area contributed by atoms with Crippen LogP contribution in [0, 0.1) is 0 Å². The van der Waals surface area contributed by atoms with Crippen LogP contribution in [-0.2, 0) is 0 Å². The van der Waals surface area contributed by atoms with Gasteiger partial charge in [-0.05, 0) is 36.1 Å². The zero-order chi connectivity index (χ0) is 20.1. The second kappa shape index (κ2) is 9.24. The van der Waals surface area contributed by atoms with Gasteiger partial charge in [0.25, 0.3) is 5.91 Å². The largest absolute Gasteiger partial charge is 0.493 e. The molecule has 6 nitrogen and oxygen atoms in total. The summed E-state index contributed by atoms with van der Waals surface area (Å²) in [6, 6.07) is 12.3. The first kappa shape index (κ1) is 19.7. The number of thiophene rings is 1. The average Bonchev–Trinajstić information content (AvgIpc) is 3.26. The smallest absolute Gasteiger partial charge is 0.269 e. The molecular weight excluding hydrogens is 384 g/mol. The molecule has 1 fully saturated rings. The number of aromatic nitrogens is 1. The number of hydrogen-bond donors (Lipinski definition) is 1. The molecule has 1 aliphatic rings. The van der Waals surface area contributed by atoms with Crippen molar-refractivity contribution in [3.63, 3.8) is 0 Å². The third kappa shape index (κ3) is 4.68. The molecule has 0 atom stereocenters. The number of hydrogen-bond acceptors (Lipinski definition) is 6. The Balaban J connectivity index is 1.22. The molecule has 3 heterocycles. The van der Waals surface area contributed by atoms with Gasteiger partial charge >= 0.3 is 0 Å². The number of anilines is 1. The van der Waals surface area contributed by atoms with Crippen molar-refractivity contribution < 1.29 is 9.53 Å². The highest BCUT2D eigenvalue weighted by Crippen LogP contribution is 2.31. The maximum Gasteiger partial charge on any atom is 0.269 e. The Morgan fingerprint density at radius 1 is 1.21 bits per heavy atom. The Hall–Kier alpha value is -2.64. The van der Waals surface area contributed by atoms with Gasteiger partial charge in [-0.15, -0.1) is 11.3 Å². The number of carbonyl (C=O) groups excluding carboxylic acids is 1. The number of piperazine rings is 1. The molecule has 4 rings (SSSR count). The minimum Gasteiger partial charge on any atom is -0.493 e. The summed E-state index contributed by atoms with van der Waals surface area (Å²) in [5.74, 6) is 0.485. The summed E-state index contributed by atoms with van der Waals surface area (Å²) in [6.07, 6.45) is 2.56. The highest BCUT2D eigenvalue weighted by molar-refractivity contribution is 7.17. The van der Waals surface area contributed by atoms with Crippen LogP contribution in [0.15, 0.2) is 48.0 Å². The lowest BCUT2D eigenvalue weighted by molar-refractivity contribution is 0.0957. The summed E-state index contributed by atoms with van der Waals surface area (Å²) >= 11 is 1.80. The van der Waals surface area contributed by atoms with Crippen LogP contribution in [-0.4, -0.2) is 62.2 Å². The SMILES string of the molecule is CNC(=O)c1cc(OCCCN2CCN(c3cccc4sccc34)CC2)ccn1. The predicted molar refractivity (Wildman–Crippen MR) is 118 cm³/mol. The minimum absolute atomic E-state index is 0.202. The lowest BCUT2D eigenvalue weighted by Crippen LogP contribution is -2.46. The van der Waals surface area contributed by atoms with E-state index in [4.69, 9.17) is 4.74 Å². The summed E-state index contributed by atoms with van der Waals surface area (Å²) in [5, 5.41) is 6.12. The number of amides is 1. The van der Waals surface area contributed by atoms with Gasteiger partial charge in [0, 0.05) is 67.8 Å². The average molecular weight is 411 g/mol. The second-order valence-corrected chi connectivity index (χ2v) is 8.04. The number of carbonyl (C=O) groups is 1. The number of nitrogens with zero attached hydrogens (tertiary/aromatic N) is 3. The van der Waals surface area contributed by atoms with E-state index in [1.54, 1.807) is 36.7 Å². The molecule has 1 aliphatic heterocycles. The van der Waals surface area contributed by atoms with Crippen molar-refractivity contribution in [1.82, 2.24) is 15.2 Å². The summed E-state index contributed by atoms with van der Waals surface area (Å²) in [7, 11) is 1.60. The molecule has 0 radical (unpaired) electrons. The number of nitrogens with one attached hydrogen (secondary N) is 1. The molecule has 1 amide bonds. The fourth-order valence-electron chi connectivity index (χ4n) is 3.70. The van der Waals surface area contributed by atoms with E-state index in [2.05, 4.69) is 49.7 Å². The van der Waals surface area contributed by atoms with Crippen molar-refractivity contribution in [2.24, 2.45) is 0 Å². The Labute approximate surface area is 175 Å². The van der Waals surface area contributed by atoms with E-state index in [-0.39, 0.29) is 5.91 Å². The molecule has 0 unspecified atom stereocenters. The van der Waals surface area contributed by atoms with Crippen molar-refractivity contribution in [1.29, 1.82) is 0 Å². The van der Waals surface area contributed by atoms with E-state index < -0.39 is 0 Å². The van der Waals surface area contributed by atoms with Crippen LogP contribution in [0.2, 0.25) is 0 Å². The molecule has 3 aromatic rings. The summed E-state index contributed by atoms with van der Waals surface area (Å²) < 4.78 is 7.17. The van der Waals surface area contributed by atoms with E-state index in [1.165, 1.54) is 15.8 Å². The van der Waals surface area contributed by atoms with Gasteiger partial charge in [0.1, 0.15) is 11.4 Å². The van der Waals surface area contributed by atoms with E-state index >= 15 is 0 Å². The maximum atomic E-state index is 11.6. The molecular formula is C22H26N4O2S. The zero-order valence-electron chi connectivity index (χ0n) is 16.6. The Morgan fingerprint density at radius 2 is 2.07 bits per heavy atom. The van der Waals surface area contributed by atoms with E-state index in [0.29, 0.717) is 18.1 Å². The summed E-state index contributed by atoms with van der Waals surface area (Å²) in [6.45, 7) is 5.88. The molecule has 29 heavy (non-hydrogen) atoms. The van der Waals surface area contributed by atoms with E-state index in [1.807, 2.05) is 0 Å². The van der Waals surface area contributed by atoms with Crippen LogP contribution in [0.1, 0.15) is 16.9 Å². The van der Waals surface area contributed by atoms with Crippen LogP contribution < -0.4 is 15.0 Å². The molecule has 1 aromatic carbocycles. The van der Waals surface area contributed by atoms with Crippen molar-refractivity contribution in [2.75, 3.05) is 51.3 Å². The minimum atomic E-state index is -0.202. The quantitative estimate of drug-likeness (QED) is 0.606. The third-order valence-corrected chi connectivity index (χ3v) is 6.15. The lowest BCUT2D eigenvalue weighted by Gasteiger charge is -2.36. The fourth-order valence-corrected chi connectivity index (χ4v) is 4.51. The number of pyridine rings is 1. The van der Waals surface area contributed by atoms with E-state index in [0.717, 1.165) is 39.1 Å². The number of ether oxygens (including phenoxy) is 1. The molecule has 7 heteroatoms. The molecule has 0 spiro atoms. The second-order valence-electron chi connectivity index (χ2n) is 7.10. The zero-order valence-corrected chi connectivity index (χ0v) is 17.5. The molecule has 0 bridgehead atoms.